The Morgan fingerprint density at radius 3 is 2.26 bits per heavy atom. The Hall–Kier alpha value is -0.110. The van der Waals surface area contributed by atoms with Crippen LogP contribution in [-0.2, 0) is 0 Å². The maximum absolute atomic E-state index is 13.3. The largest absolute Gasteiger partial charge is 0.408 e. The summed E-state index contributed by atoms with van der Waals surface area (Å²) in [5, 5.41) is 3.07. The Morgan fingerprint density at radius 1 is 1.11 bits per heavy atom. The van der Waals surface area contributed by atoms with Crippen molar-refractivity contribution in [1.82, 2.24) is 10.2 Å². The molecule has 1 aliphatic heterocycles. The van der Waals surface area contributed by atoms with Crippen LogP contribution < -0.4 is 5.32 Å². The molecule has 19 heavy (non-hydrogen) atoms. The molecule has 0 aromatic heterocycles. The highest BCUT2D eigenvalue weighted by Crippen LogP contribution is 2.39. The number of piperazine rings is 1. The highest BCUT2D eigenvalue weighted by atomic mass is 79.9. The molecule has 1 heterocycles. The van der Waals surface area contributed by atoms with Crippen molar-refractivity contribution in [2.24, 2.45) is 0 Å². The van der Waals surface area contributed by atoms with Gasteiger partial charge >= 0.3 is 6.18 Å². The minimum absolute atomic E-state index is 0.268. The van der Waals surface area contributed by atoms with Crippen LogP contribution in [-0.4, -0.2) is 37.3 Å². The second-order valence-corrected chi connectivity index (χ2v) is 6.11. The maximum atomic E-state index is 13.3. The lowest BCUT2D eigenvalue weighted by molar-refractivity contribution is -0.187. The first kappa shape index (κ1) is 15.3. The lowest BCUT2D eigenvalue weighted by Crippen LogP contribution is -2.49. The van der Waals surface area contributed by atoms with E-state index < -0.39 is 12.2 Å². The monoisotopic (exact) mass is 400 g/mol. The number of rotatable bonds is 2. The molecular formula is C12H13Br2F3N2. The van der Waals surface area contributed by atoms with Crippen LogP contribution >= 0.6 is 31.9 Å². The molecule has 1 aliphatic rings. The van der Waals surface area contributed by atoms with Crippen LogP contribution in [0.25, 0.3) is 0 Å². The summed E-state index contributed by atoms with van der Waals surface area (Å²) in [4.78, 5) is 1.48. The summed E-state index contributed by atoms with van der Waals surface area (Å²) in [6, 6.07) is 3.15. The molecule has 7 heteroatoms. The summed E-state index contributed by atoms with van der Waals surface area (Å²) in [5.74, 6) is 0. The molecule has 1 N–H and O–H groups in total. The highest BCUT2D eigenvalue weighted by molar-refractivity contribution is 9.13. The standard InChI is InChI=1S/C12H13Br2F3N2/c13-9-2-1-8(7-10(9)14)11(12(15,16)17)19-5-3-18-4-6-19/h1-2,7,11,18H,3-6H2/t11-/m0/s1. The second-order valence-electron chi connectivity index (χ2n) is 4.40. The molecule has 1 fully saturated rings. The van der Waals surface area contributed by atoms with E-state index in [2.05, 4.69) is 37.2 Å². The fraction of sp³-hybridized carbons (Fsp3) is 0.500. The first-order chi connectivity index (χ1) is 8.89. The van der Waals surface area contributed by atoms with E-state index in [0.29, 0.717) is 30.7 Å². The maximum Gasteiger partial charge on any atom is 0.408 e. The fourth-order valence-corrected chi connectivity index (χ4v) is 2.87. The molecule has 0 bridgehead atoms. The van der Waals surface area contributed by atoms with Gasteiger partial charge in [0.25, 0.3) is 0 Å². The molecule has 1 aromatic carbocycles. The van der Waals surface area contributed by atoms with E-state index in [-0.39, 0.29) is 5.56 Å². The molecule has 0 amide bonds. The Bertz CT molecular complexity index is 445. The SMILES string of the molecule is FC(F)(F)[C@H](c1ccc(Br)c(Br)c1)N1CCNCC1. The molecule has 1 atom stereocenters. The molecule has 2 nitrogen and oxygen atoms in total. The van der Waals surface area contributed by atoms with Crippen LogP contribution in [0, 0.1) is 0 Å². The number of benzene rings is 1. The third-order valence-electron chi connectivity index (χ3n) is 3.09. The number of halogens is 5. The molecule has 1 aromatic rings. The van der Waals surface area contributed by atoms with Crippen molar-refractivity contribution in [3.8, 4) is 0 Å². The molecule has 0 radical (unpaired) electrons. The van der Waals surface area contributed by atoms with E-state index in [1.54, 1.807) is 6.07 Å². The minimum atomic E-state index is -4.27. The van der Waals surface area contributed by atoms with E-state index in [9.17, 15) is 13.2 Å². The number of hydrogen-bond donors (Lipinski definition) is 1. The summed E-state index contributed by atoms with van der Waals surface area (Å²) in [5.41, 5.74) is 0.268. The third kappa shape index (κ3) is 3.71. The molecule has 0 aliphatic carbocycles. The van der Waals surface area contributed by atoms with Crippen molar-refractivity contribution in [2.45, 2.75) is 12.2 Å². The normalized spacial score (nSPS) is 19.4. The number of alkyl halides is 3. The zero-order chi connectivity index (χ0) is 14.0. The van der Waals surface area contributed by atoms with Gasteiger partial charge in [0.15, 0.2) is 0 Å². The van der Waals surface area contributed by atoms with Crippen LogP contribution in [0.15, 0.2) is 27.1 Å². The van der Waals surface area contributed by atoms with Crippen molar-refractivity contribution < 1.29 is 13.2 Å². The van der Waals surface area contributed by atoms with Crippen molar-refractivity contribution in [3.05, 3.63) is 32.7 Å². The van der Waals surface area contributed by atoms with Crippen LogP contribution in [0.1, 0.15) is 11.6 Å². The predicted molar refractivity (Wildman–Crippen MR) is 75.1 cm³/mol. The minimum Gasteiger partial charge on any atom is -0.314 e. The molecule has 2 rings (SSSR count). The summed E-state index contributed by atoms with van der Waals surface area (Å²) >= 11 is 6.53. The molecule has 0 saturated carbocycles. The van der Waals surface area contributed by atoms with Crippen molar-refractivity contribution in [1.29, 1.82) is 0 Å². The molecule has 1 saturated heterocycles. The van der Waals surface area contributed by atoms with E-state index in [1.165, 1.54) is 17.0 Å². The molecule has 0 spiro atoms. The van der Waals surface area contributed by atoms with Gasteiger partial charge in [-0.15, -0.1) is 0 Å². The molecule has 106 valence electrons. The predicted octanol–water partition coefficient (Wildman–Crippen LogP) is 3.72. The number of nitrogens with zero attached hydrogens (tertiary/aromatic N) is 1. The average Bonchev–Trinajstić information content (AvgIpc) is 2.34. The van der Waals surface area contributed by atoms with Crippen molar-refractivity contribution in [2.75, 3.05) is 26.2 Å². The van der Waals surface area contributed by atoms with E-state index in [0.717, 1.165) is 4.47 Å². The van der Waals surface area contributed by atoms with Gasteiger partial charge in [-0.25, -0.2) is 0 Å². The molecular weight excluding hydrogens is 389 g/mol. The van der Waals surface area contributed by atoms with Crippen molar-refractivity contribution in [3.63, 3.8) is 0 Å². The van der Waals surface area contributed by atoms with E-state index in [1.807, 2.05) is 0 Å². The lowest BCUT2D eigenvalue weighted by atomic mass is 10.0. The smallest absolute Gasteiger partial charge is 0.314 e. The van der Waals surface area contributed by atoms with Crippen LogP contribution in [0.3, 0.4) is 0 Å². The summed E-state index contributed by atoms with van der Waals surface area (Å²) in [6.07, 6.45) is -4.27. The second kappa shape index (κ2) is 6.11. The van der Waals surface area contributed by atoms with Crippen LogP contribution in [0.4, 0.5) is 13.2 Å². The van der Waals surface area contributed by atoms with Gasteiger partial charge in [-0.1, -0.05) is 6.07 Å². The Labute approximate surface area is 126 Å². The fourth-order valence-electron chi connectivity index (χ4n) is 2.23. The van der Waals surface area contributed by atoms with Gasteiger partial charge in [-0.2, -0.15) is 13.2 Å². The van der Waals surface area contributed by atoms with Gasteiger partial charge in [0, 0.05) is 35.1 Å². The lowest BCUT2D eigenvalue weighted by Gasteiger charge is -2.36. The van der Waals surface area contributed by atoms with Crippen molar-refractivity contribution >= 4 is 31.9 Å². The summed E-state index contributed by atoms with van der Waals surface area (Å²) in [6.45, 7) is 1.98. The topological polar surface area (TPSA) is 15.3 Å². The zero-order valence-corrected chi connectivity index (χ0v) is 13.1. The van der Waals surface area contributed by atoms with Gasteiger partial charge in [0.05, 0.1) is 0 Å². The van der Waals surface area contributed by atoms with Gasteiger partial charge in [0.1, 0.15) is 6.04 Å². The van der Waals surface area contributed by atoms with Gasteiger partial charge in [-0.05, 0) is 49.6 Å². The zero-order valence-electron chi connectivity index (χ0n) is 9.97. The Morgan fingerprint density at radius 2 is 1.74 bits per heavy atom. The Kier molecular flexibility index (Phi) is 4.92. The first-order valence-corrected chi connectivity index (χ1v) is 7.44. The molecule has 0 unspecified atom stereocenters. The van der Waals surface area contributed by atoms with Gasteiger partial charge in [-0.3, -0.25) is 4.90 Å². The van der Waals surface area contributed by atoms with Gasteiger partial charge < -0.3 is 5.32 Å². The quantitative estimate of drug-likeness (QED) is 0.812. The number of hydrogen-bond acceptors (Lipinski definition) is 2. The van der Waals surface area contributed by atoms with E-state index >= 15 is 0 Å². The Balaban J connectivity index is 2.33. The number of nitrogens with one attached hydrogen (secondary N) is 1. The summed E-state index contributed by atoms with van der Waals surface area (Å²) < 4.78 is 41.4. The first-order valence-electron chi connectivity index (χ1n) is 5.86. The van der Waals surface area contributed by atoms with Crippen LogP contribution in [0.5, 0.6) is 0 Å². The van der Waals surface area contributed by atoms with Crippen LogP contribution in [0.2, 0.25) is 0 Å². The average molecular weight is 402 g/mol. The van der Waals surface area contributed by atoms with E-state index in [4.69, 9.17) is 0 Å². The third-order valence-corrected chi connectivity index (χ3v) is 4.97. The summed E-state index contributed by atoms with van der Waals surface area (Å²) in [7, 11) is 0. The highest BCUT2D eigenvalue weighted by Gasteiger charge is 2.44. The van der Waals surface area contributed by atoms with Gasteiger partial charge in [0.2, 0.25) is 0 Å².